The van der Waals surface area contributed by atoms with Crippen molar-refractivity contribution in [1.82, 2.24) is 0 Å². The maximum absolute atomic E-state index is 11.3. The number of allylic oxidation sites excluding steroid dienone is 4. The Balaban J connectivity index is 4.95. The number of rotatable bonds is 11. The van der Waals surface area contributed by atoms with Gasteiger partial charge in [-0.1, -0.05) is 64.0 Å². The fraction of sp³-hybridized carbons (Fsp3) is 0.682. The fourth-order valence-corrected chi connectivity index (χ4v) is 2.58. The molecule has 0 heterocycles. The third-order valence-electron chi connectivity index (χ3n) is 4.10. The molecule has 142 valence electrons. The maximum atomic E-state index is 11.3. The molecule has 0 unspecified atom stereocenters. The molecule has 0 bridgehead atoms. The monoisotopic (exact) mass is 366 g/mol. The molecule has 0 aliphatic heterocycles. The van der Waals surface area contributed by atoms with Gasteiger partial charge in [0.2, 0.25) is 0 Å². The molecule has 0 radical (unpaired) electrons. The highest BCUT2D eigenvalue weighted by Crippen LogP contribution is 2.18. The molecule has 0 aromatic heterocycles. The topological polar surface area (TPSA) is 26.3 Å². The Kier molecular flexibility index (Phi) is 14.4. The first kappa shape index (κ1) is 23.8. The van der Waals surface area contributed by atoms with Gasteiger partial charge < -0.3 is 4.74 Å². The predicted octanol–water partition coefficient (Wildman–Crippen LogP) is 7.28. The van der Waals surface area contributed by atoms with Crippen LogP contribution in [0.15, 0.2) is 21.9 Å². The van der Waals surface area contributed by atoms with E-state index in [1.807, 2.05) is 13.8 Å². The van der Waals surface area contributed by atoms with E-state index in [0.29, 0.717) is 10.8 Å². The third kappa shape index (κ3) is 12.8. The molecule has 0 amide bonds. The summed E-state index contributed by atoms with van der Waals surface area (Å²) in [6, 6.07) is 0. The zero-order valence-corrected chi connectivity index (χ0v) is 17.5. The van der Waals surface area contributed by atoms with Crippen LogP contribution in [0, 0.1) is 11.8 Å². The quantitative estimate of drug-likeness (QED) is 0.166. The minimum Gasteiger partial charge on any atom is -0.417 e. The lowest BCUT2D eigenvalue weighted by Gasteiger charge is -2.06. The summed E-state index contributed by atoms with van der Waals surface area (Å²) < 4.78 is 5.30. The highest BCUT2D eigenvalue weighted by atomic mass is 35.5. The first-order valence-corrected chi connectivity index (χ1v) is 10.1. The van der Waals surface area contributed by atoms with Crippen LogP contribution in [0.5, 0.6) is 0 Å². The molecule has 0 saturated carbocycles. The number of hydrogen-bond donors (Lipinski definition) is 0. The zero-order chi connectivity index (χ0) is 19.1. The van der Waals surface area contributed by atoms with E-state index in [9.17, 15) is 4.79 Å². The summed E-state index contributed by atoms with van der Waals surface area (Å²) in [5.74, 6) is 6.06. The van der Waals surface area contributed by atoms with Gasteiger partial charge >= 0.3 is 5.97 Å². The van der Waals surface area contributed by atoms with Crippen molar-refractivity contribution in [2.75, 3.05) is 0 Å². The van der Waals surface area contributed by atoms with Crippen molar-refractivity contribution in [2.45, 2.75) is 98.8 Å². The van der Waals surface area contributed by atoms with E-state index >= 15 is 0 Å². The van der Waals surface area contributed by atoms with E-state index in [1.165, 1.54) is 45.4 Å². The van der Waals surface area contributed by atoms with Crippen LogP contribution in [0.1, 0.15) is 98.8 Å². The summed E-state index contributed by atoms with van der Waals surface area (Å²) in [5, 5.41) is 0.569. The molecule has 0 aliphatic rings. The van der Waals surface area contributed by atoms with Crippen molar-refractivity contribution in [1.29, 1.82) is 0 Å². The second-order valence-electron chi connectivity index (χ2n) is 6.67. The lowest BCUT2D eigenvalue weighted by Crippen LogP contribution is -2.00. The fourth-order valence-electron chi connectivity index (χ4n) is 2.44. The average molecular weight is 367 g/mol. The second kappa shape index (κ2) is 15.1. The van der Waals surface area contributed by atoms with E-state index in [-0.39, 0.29) is 5.97 Å². The first-order chi connectivity index (χ1) is 11.9. The van der Waals surface area contributed by atoms with Crippen LogP contribution in [0.25, 0.3) is 0 Å². The van der Waals surface area contributed by atoms with Crippen LogP contribution in [0.3, 0.4) is 0 Å². The average Bonchev–Trinajstić information content (AvgIpc) is 2.58. The Morgan fingerprint density at radius 1 is 0.800 bits per heavy atom. The van der Waals surface area contributed by atoms with Gasteiger partial charge in [0.1, 0.15) is 0 Å². The van der Waals surface area contributed by atoms with Crippen molar-refractivity contribution in [3.8, 4) is 11.8 Å². The van der Waals surface area contributed by atoms with Crippen LogP contribution >= 0.6 is 11.6 Å². The van der Waals surface area contributed by atoms with Crippen LogP contribution in [-0.4, -0.2) is 5.97 Å². The van der Waals surface area contributed by atoms with Crippen molar-refractivity contribution < 1.29 is 9.53 Å². The summed E-state index contributed by atoms with van der Waals surface area (Å²) >= 11 is 6.32. The minimum atomic E-state index is -0.339. The molecular formula is C22H35ClO2. The van der Waals surface area contributed by atoms with Gasteiger partial charge in [0, 0.05) is 6.92 Å². The Bertz CT molecular complexity index is 518. The summed E-state index contributed by atoms with van der Waals surface area (Å²) in [4.78, 5) is 11.3. The lowest BCUT2D eigenvalue weighted by atomic mass is 10.1. The standard InChI is InChI=1S/C22H35ClO2/c1-6-8-10-12-14-18(3)21(23)16-17-22(25-20(5)24)19(4)15-13-11-9-7-2/h6-15H2,1-5H3/b21-18+,22-19-. The molecule has 0 aromatic rings. The SMILES string of the molecule is CCCCCC/C(C)=C(/C#C/C(Cl)=C(/C)CCCCCC)OC(C)=O. The molecule has 0 atom stereocenters. The van der Waals surface area contributed by atoms with Crippen molar-refractivity contribution >= 4 is 17.6 Å². The first-order valence-electron chi connectivity index (χ1n) is 9.67. The molecule has 2 nitrogen and oxygen atoms in total. The number of hydrogen-bond acceptors (Lipinski definition) is 2. The number of halogens is 1. The van der Waals surface area contributed by atoms with E-state index < -0.39 is 0 Å². The molecule has 3 heteroatoms. The smallest absolute Gasteiger partial charge is 0.308 e. The molecule has 0 fully saturated rings. The summed E-state index contributed by atoms with van der Waals surface area (Å²) in [6.07, 6.45) is 11.4. The summed E-state index contributed by atoms with van der Waals surface area (Å²) in [5.41, 5.74) is 2.12. The number of ether oxygens (including phenoxy) is 1. The number of carbonyl (C=O) groups excluding carboxylic acids is 1. The molecule has 25 heavy (non-hydrogen) atoms. The van der Waals surface area contributed by atoms with Gasteiger partial charge in [0.25, 0.3) is 0 Å². The normalized spacial score (nSPS) is 12.7. The number of carbonyl (C=O) groups is 1. The second-order valence-corrected chi connectivity index (χ2v) is 7.05. The highest BCUT2D eigenvalue weighted by Gasteiger charge is 2.05. The van der Waals surface area contributed by atoms with Gasteiger partial charge in [-0.25, -0.2) is 0 Å². The van der Waals surface area contributed by atoms with Gasteiger partial charge in [-0.2, -0.15) is 0 Å². The van der Waals surface area contributed by atoms with E-state index in [0.717, 1.165) is 36.8 Å². The molecule has 0 saturated heterocycles. The Morgan fingerprint density at radius 2 is 1.32 bits per heavy atom. The number of esters is 1. The van der Waals surface area contributed by atoms with E-state index in [2.05, 4.69) is 25.7 Å². The minimum absolute atomic E-state index is 0.339. The van der Waals surface area contributed by atoms with Crippen LogP contribution in [-0.2, 0) is 9.53 Å². The van der Waals surface area contributed by atoms with Gasteiger partial charge in [0.05, 0.1) is 5.03 Å². The molecule has 0 N–H and O–H groups in total. The maximum Gasteiger partial charge on any atom is 0.308 e. The Labute approximate surface area is 160 Å². The van der Waals surface area contributed by atoms with Crippen LogP contribution < -0.4 is 0 Å². The van der Waals surface area contributed by atoms with Crippen molar-refractivity contribution in [3.05, 3.63) is 21.9 Å². The van der Waals surface area contributed by atoms with Crippen molar-refractivity contribution in [3.63, 3.8) is 0 Å². The van der Waals surface area contributed by atoms with E-state index in [4.69, 9.17) is 16.3 Å². The third-order valence-corrected chi connectivity index (χ3v) is 4.52. The van der Waals surface area contributed by atoms with Gasteiger partial charge in [-0.05, 0) is 62.5 Å². The summed E-state index contributed by atoms with van der Waals surface area (Å²) in [6.45, 7) is 9.80. The van der Waals surface area contributed by atoms with Gasteiger partial charge in [-0.3, -0.25) is 4.79 Å². The van der Waals surface area contributed by atoms with E-state index in [1.54, 1.807) is 0 Å². The largest absolute Gasteiger partial charge is 0.417 e. The molecule has 0 rings (SSSR count). The Morgan fingerprint density at radius 3 is 1.80 bits per heavy atom. The molecular weight excluding hydrogens is 332 g/mol. The van der Waals surface area contributed by atoms with Crippen molar-refractivity contribution in [2.24, 2.45) is 0 Å². The van der Waals surface area contributed by atoms with Crippen LogP contribution in [0.4, 0.5) is 0 Å². The molecule has 0 spiro atoms. The van der Waals surface area contributed by atoms with Crippen LogP contribution in [0.2, 0.25) is 0 Å². The van der Waals surface area contributed by atoms with Gasteiger partial charge in [0.15, 0.2) is 5.76 Å². The zero-order valence-electron chi connectivity index (χ0n) is 16.8. The summed E-state index contributed by atoms with van der Waals surface area (Å²) in [7, 11) is 0. The van der Waals surface area contributed by atoms with Gasteiger partial charge in [-0.15, -0.1) is 0 Å². The predicted molar refractivity (Wildman–Crippen MR) is 108 cm³/mol. The highest BCUT2D eigenvalue weighted by molar-refractivity contribution is 6.32. The number of unbranched alkanes of at least 4 members (excludes halogenated alkanes) is 6. The lowest BCUT2D eigenvalue weighted by molar-refractivity contribution is -0.136. The Hall–Kier alpha value is -1.20. The molecule has 0 aliphatic carbocycles. The molecule has 0 aromatic carbocycles.